The van der Waals surface area contributed by atoms with Crippen molar-refractivity contribution < 1.29 is 25.2 Å². The van der Waals surface area contributed by atoms with Crippen molar-refractivity contribution in [3.8, 4) is 34.1 Å². The molecular formula is C45H46N4OPd. The van der Waals surface area contributed by atoms with E-state index in [1.54, 1.807) is 0 Å². The molecule has 0 amide bonds. The van der Waals surface area contributed by atoms with Gasteiger partial charge in [0.1, 0.15) is 5.82 Å². The molecule has 0 saturated carbocycles. The molecule has 4 aromatic carbocycles. The van der Waals surface area contributed by atoms with Gasteiger partial charge < -0.3 is 9.30 Å². The Balaban J connectivity index is 0.00000448. The summed E-state index contributed by atoms with van der Waals surface area (Å²) in [5.41, 5.74) is 11.5. The Morgan fingerprint density at radius 3 is 2.24 bits per heavy atom. The van der Waals surface area contributed by atoms with Gasteiger partial charge in [-0.3, -0.25) is 4.68 Å². The molecule has 6 heteroatoms. The average Bonchev–Trinajstić information content (AvgIpc) is 3.70. The number of pyridine rings is 1. The number of hydrogen-bond donors (Lipinski definition) is 0. The van der Waals surface area contributed by atoms with Gasteiger partial charge in [-0.25, -0.2) is 4.98 Å². The Kier molecular flexibility index (Phi) is 11.3. The zero-order valence-corrected chi connectivity index (χ0v) is 32.0. The van der Waals surface area contributed by atoms with Gasteiger partial charge >= 0.3 is 20.4 Å². The third-order valence-corrected chi connectivity index (χ3v) is 9.72. The number of aryl methyl sites for hydroxylation is 3. The molecule has 0 spiro atoms. The van der Waals surface area contributed by atoms with Crippen molar-refractivity contribution in [2.75, 3.05) is 0 Å². The van der Waals surface area contributed by atoms with E-state index in [4.69, 9.17) is 14.8 Å². The number of aromatic nitrogens is 4. The SMILES string of the molecule is CCCCc1c(-c2ccc(CC)cc2)c(C(C)C)nn1-c1[c-]c(Oc2[c-]c3c(cc2)c2ccccc2n3-c2cc(CC)ccn2)cc(CC)c1.[Pd+2]. The van der Waals surface area contributed by atoms with E-state index >= 15 is 0 Å². The maximum absolute atomic E-state index is 6.65. The predicted molar refractivity (Wildman–Crippen MR) is 206 cm³/mol. The van der Waals surface area contributed by atoms with Gasteiger partial charge in [-0.1, -0.05) is 102 Å². The summed E-state index contributed by atoms with van der Waals surface area (Å²) in [7, 11) is 0. The first-order chi connectivity index (χ1) is 24.4. The van der Waals surface area contributed by atoms with E-state index in [9.17, 15) is 0 Å². The average molecular weight is 765 g/mol. The second-order valence-corrected chi connectivity index (χ2v) is 13.4. The van der Waals surface area contributed by atoms with Crippen LogP contribution in [-0.2, 0) is 46.1 Å². The molecule has 0 aliphatic carbocycles. The zero-order chi connectivity index (χ0) is 34.8. The second kappa shape index (κ2) is 15.8. The van der Waals surface area contributed by atoms with Gasteiger partial charge in [0.15, 0.2) is 0 Å². The molecule has 0 atom stereocenters. The number of benzene rings is 4. The van der Waals surface area contributed by atoms with Crippen LogP contribution >= 0.6 is 0 Å². The summed E-state index contributed by atoms with van der Waals surface area (Å²) in [5, 5.41) is 7.59. The van der Waals surface area contributed by atoms with E-state index in [1.807, 2.05) is 12.3 Å². The van der Waals surface area contributed by atoms with Crippen LogP contribution in [-0.4, -0.2) is 19.3 Å². The summed E-state index contributed by atoms with van der Waals surface area (Å²) < 4.78 is 11.0. The maximum Gasteiger partial charge on any atom is 2.00 e. The normalized spacial score (nSPS) is 11.4. The number of para-hydroxylation sites is 1. The molecule has 0 bridgehead atoms. The molecule has 0 fully saturated rings. The van der Waals surface area contributed by atoms with E-state index in [-0.39, 0.29) is 26.3 Å². The number of hydrogen-bond acceptors (Lipinski definition) is 3. The van der Waals surface area contributed by atoms with Crippen molar-refractivity contribution in [2.45, 2.75) is 86.0 Å². The molecule has 0 radical (unpaired) electrons. The molecule has 7 aromatic rings. The minimum atomic E-state index is 0. The van der Waals surface area contributed by atoms with Crippen LogP contribution in [0.1, 0.15) is 88.4 Å². The first kappa shape index (κ1) is 36.3. The monoisotopic (exact) mass is 764 g/mol. The summed E-state index contributed by atoms with van der Waals surface area (Å²) in [6.45, 7) is 13.3. The maximum atomic E-state index is 6.65. The number of ether oxygens (including phenoxy) is 1. The van der Waals surface area contributed by atoms with Gasteiger partial charge in [0, 0.05) is 34.5 Å². The van der Waals surface area contributed by atoms with Gasteiger partial charge in [-0.2, -0.15) is 16.7 Å². The van der Waals surface area contributed by atoms with Crippen LogP contribution in [0.4, 0.5) is 0 Å². The van der Waals surface area contributed by atoms with Crippen LogP contribution in [0.15, 0.2) is 91.1 Å². The molecule has 7 rings (SSSR count). The molecule has 0 aliphatic rings. The molecule has 3 aromatic heterocycles. The van der Waals surface area contributed by atoms with Crippen LogP contribution < -0.4 is 4.74 Å². The minimum Gasteiger partial charge on any atom is -0.509 e. The smallest absolute Gasteiger partial charge is 0.509 e. The fourth-order valence-corrected chi connectivity index (χ4v) is 6.92. The van der Waals surface area contributed by atoms with E-state index in [2.05, 4.69) is 142 Å². The molecule has 3 heterocycles. The Labute approximate surface area is 316 Å². The van der Waals surface area contributed by atoms with Crippen molar-refractivity contribution in [3.63, 3.8) is 0 Å². The summed E-state index contributed by atoms with van der Waals surface area (Å²) >= 11 is 0. The van der Waals surface area contributed by atoms with Crippen molar-refractivity contribution >= 4 is 21.8 Å². The number of unbranched alkanes of at least 4 members (excludes halogenated alkanes) is 1. The Morgan fingerprint density at radius 2 is 1.51 bits per heavy atom. The fourth-order valence-electron chi connectivity index (χ4n) is 6.92. The molecule has 0 saturated heterocycles. The first-order valence-electron chi connectivity index (χ1n) is 18.3. The molecule has 262 valence electrons. The number of rotatable bonds is 12. The molecule has 0 N–H and O–H groups in total. The largest absolute Gasteiger partial charge is 2.00 e. The van der Waals surface area contributed by atoms with Gasteiger partial charge in [-0.05, 0) is 77.6 Å². The standard InChI is InChI=1S/C45H46N4O.Pd/c1-7-11-15-41-44(34-19-17-31(8-2)18-20-34)45(30(5)6)47-49(41)35-25-33(10-4)26-37(28-35)50-36-21-22-39-38-14-12-13-16-40(38)48(42(39)29-36)43-27-32(9-3)23-24-46-43;/h12-14,16-27,30H,7-11,15H2,1-6H3;/q-2;+2. The first-order valence-corrected chi connectivity index (χ1v) is 18.3. The summed E-state index contributed by atoms with van der Waals surface area (Å²) in [4.78, 5) is 4.78. The van der Waals surface area contributed by atoms with Crippen molar-refractivity contribution in [3.05, 3.63) is 131 Å². The third-order valence-electron chi connectivity index (χ3n) is 9.72. The van der Waals surface area contributed by atoms with Crippen molar-refractivity contribution in [2.24, 2.45) is 0 Å². The van der Waals surface area contributed by atoms with E-state index in [1.165, 1.54) is 33.5 Å². The number of nitrogens with zero attached hydrogens (tertiary/aromatic N) is 4. The fraction of sp³-hybridized carbons (Fsp3) is 0.289. The van der Waals surface area contributed by atoms with Gasteiger partial charge in [0.2, 0.25) is 0 Å². The molecule has 5 nitrogen and oxygen atoms in total. The van der Waals surface area contributed by atoms with Crippen molar-refractivity contribution in [1.82, 2.24) is 19.3 Å². The van der Waals surface area contributed by atoms with E-state index in [0.29, 0.717) is 11.5 Å². The quantitative estimate of drug-likeness (QED) is 0.0919. The Hall–Kier alpha value is -4.50. The van der Waals surface area contributed by atoms with E-state index < -0.39 is 0 Å². The molecule has 51 heavy (non-hydrogen) atoms. The Morgan fingerprint density at radius 1 is 0.745 bits per heavy atom. The number of fused-ring (bicyclic) bond motifs is 3. The third kappa shape index (κ3) is 7.18. The Bertz CT molecular complexity index is 2280. The summed E-state index contributed by atoms with van der Waals surface area (Å²) in [5.74, 6) is 2.43. The second-order valence-electron chi connectivity index (χ2n) is 13.4. The summed E-state index contributed by atoms with van der Waals surface area (Å²) in [6.07, 6.45) is 7.85. The van der Waals surface area contributed by atoms with Gasteiger partial charge in [0.25, 0.3) is 0 Å². The molecule has 0 unspecified atom stereocenters. The predicted octanol–water partition coefficient (Wildman–Crippen LogP) is 11.6. The molecular weight excluding hydrogens is 719 g/mol. The zero-order valence-electron chi connectivity index (χ0n) is 30.5. The minimum absolute atomic E-state index is 0. The van der Waals surface area contributed by atoms with Crippen molar-refractivity contribution in [1.29, 1.82) is 0 Å². The van der Waals surface area contributed by atoms with Crippen LogP contribution in [0.25, 0.3) is 44.4 Å². The van der Waals surface area contributed by atoms with Gasteiger partial charge in [-0.15, -0.1) is 35.7 Å². The van der Waals surface area contributed by atoms with Gasteiger partial charge in [0.05, 0.1) is 5.69 Å². The van der Waals surface area contributed by atoms with Crippen LogP contribution in [0.5, 0.6) is 11.5 Å². The summed E-state index contributed by atoms with van der Waals surface area (Å²) in [6, 6.07) is 37.4. The van der Waals surface area contributed by atoms with Crippen LogP contribution in [0, 0.1) is 12.1 Å². The molecule has 0 aliphatic heterocycles. The van der Waals surface area contributed by atoms with Crippen LogP contribution in [0.3, 0.4) is 0 Å². The topological polar surface area (TPSA) is 44.9 Å². The van der Waals surface area contributed by atoms with Crippen LogP contribution in [0.2, 0.25) is 0 Å². The van der Waals surface area contributed by atoms with E-state index in [0.717, 1.165) is 77.5 Å².